The smallest absolute Gasteiger partial charge is 0.236 e. The van der Waals surface area contributed by atoms with Crippen molar-refractivity contribution in [1.29, 1.82) is 0 Å². The predicted octanol–water partition coefficient (Wildman–Crippen LogP) is 1.45. The van der Waals surface area contributed by atoms with Gasteiger partial charge in [0, 0.05) is 32.9 Å². The number of nitrogens with two attached hydrogens (primary N) is 1. The first-order chi connectivity index (χ1) is 8.58. The molecule has 4 heteroatoms. The number of hydrogen-bond donors (Lipinski definition) is 1. The quantitative estimate of drug-likeness (QED) is 0.830. The minimum atomic E-state index is 0.00790. The molecule has 1 amide bonds. The van der Waals surface area contributed by atoms with Gasteiger partial charge in [-0.3, -0.25) is 4.79 Å². The molecule has 0 heterocycles. The highest BCUT2D eigenvalue weighted by Crippen LogP contribution is 2.13. The van der Waals surface area contributed by atoms with Crippen LogP contribution in [-0.4, -0.2) is 38.0 Å². The van der Waals surface area contributed by atoms with E-state index in [0.29, 0.717) is 6.54 Å². The summed E-state index contributed by atoms with van der Waals surface area (Å²) in [5, 5.41) is 0. The molecule has 2 N–H and O–H groups in total. The van der Waals surface area contributed by atoms with Crippen LogP contribution in [0.25, 0.3) is 0 Å². The molecule has 0 bridgehead atoms. The summed E-state index contributed by atoms with van der Waals surface area (Å²) in [7, 11) is 4.02. The lowest BCUT2D eigenvalue weighted by atomic mass is 10.2. The third-order valence-electron chi connectivity index (χ3n) is 2.85. The molecule has 0 aliphatic rings. The summed E-state index contributed by atoms with van der Waals surface area (Å²) in [5.41, 5.74) is 7.72. The van der Waals surface area contributed by atoms with E-state index < -0.39 is 0 Å². The summed E-state index contributed by atoms with van der Waals surface area (Å²) in [6, 6.07) is 8.24. The van der Waals surface area contributed by atoms with Gasteiger partial charge in [0.25, 0.3) is 0 Å². The number of hydrogen-bond acceptors (Lipinski definition) is 3. The van der Waals surface area contributed by atoms with Gasteiger partial charge in [0.2, 0.25) is 5.91 Å². The molecule has 0 fully saturated rings. The van der Waals surface area contributed by atoms with Gasteiger partial charge in [-0.05, 0) is 24.1 Å². The van der Waals surface area contributed by atoms with Crippen LogP contribution in [0.1, 0.15) is 18.9 Å². The number of nitrogens with zero attached hydrogens (tertiary/aromatic N) is 2. The lowest BCUT2D eigenvalue weighted by Crippen LogP contribution is -2.36. The van der Waals surface area contributed by atoms with Crippen molar-refractivity contribution in [3.63, 3.8) is 0 Å². The van der Waals surface area contributed by atoms with E-state index in [-0.39, 0.29) is 12.5 Å². The third-order valence-corrected chi connectivity index (χ3v) is 2.85. The molecule has 0 aromatic heterocycles. The van der Waals surface area contributed by atoms with Crippen LogP contribution in [-0.2, 0) is 11.3 Å². The number of anilines is 1. The molecule has 0 atom stereocenters. The fourth-order valence-corrected chi connectivity index (χ4v) is 1.81. The molecule has 1 rings (SSSR count). The van der Waals surface area contributed by atoms with Crippen LogP contribution >= 0.6 is 0 Å². The molecule has 1 aromatic carbocycles. The molecule has 0 aliphatic carbocycles. The Labute approximate surface area is 109 Å². The van der Waals surface area contributed by atoms with E-state index in [9.17, 15) is 4.79 Å². The zero-order valence-corrected chi connectivity index (χ0v) is 11.5. The van der Waals surface area contributed by atoms with Gasteiger partial charge in [-0.25, -0.2) is 0 Å². The molecular weight excluding hydrogens is 226 g/mol. The molecule has 18 heavy (non-hydrogen) atoms. The van der Waals surface area contributed by atoms with Crippen molar-refractivity contribution in [1.82, 2.24) is 4.90 Å². The zero-order chi connectivity index (χ0) is 13.5. The van der Waals surface area contributed by atoms with Gasteiger partial charge >= 0.3 is 0 Å². The number of carbonyl (C=O) groups excluding carboxylic acids is 1. The standard InChI is InChI=1S/C14H23N3O/c1-4-9-17(14(18)10-15)11-12-5-7-13(8-6-12)16(2)3/h5-8H,4,9-11,15H2,1-3H3. The lowest BCUT2D eigenvalue weighted by Gasteiger charge is -2.22. The highest BCUT2D eigenvalue weighted by Gasteiger charge is 2.11. The summed E-state index contributed by atoms with van der Waals surface area (Å²) in [6.45, 7) is 3.53. The molecule has 0 radical (unpaired) electrons. The van der Waals surface area contributed by atoms with E-state index in [1.165, 1.54) is 0 Å². The minimum Gasteiger partial charge on any atom is -0.378 e. The monoisotopic (exact) mass is 249 g/mol. The van der Waals surface area contributed by atoms with Gasteiger partial charge in [-0.15, -0.1) is 0 Å². The average Bonchev–Trinajstić information content (AvgIpc) is 2.38. The Hall–Kier alpha value is -1.55. The van der Waals surface area contributed by atoms with Gasteiger partial charge in [-0.2, -0.15) is 0 Å². The SMILES string of the molecule is CCCN(Cc1ccc(N(C)C)cc1)C(=O)CN. The Morgan fingerprint density at radius 3 is 2.28 bits per heavy atom. The highest BCUT2D eigenvalue weighted by atomic mass is 16.2. The van der Waals surface area contributed by atoms with Crippen LogP contribution in [0.3, 0.4) is 0 Å². The fourth-order valence-electron chi connectivity index (χ4n) is 1.81. The average molecular weight is 249 g/mol. The molecule has 0 spiro atoms. The van der Waals surface area contributed by atoms with Gasteiger partial charge < -0.3 is 15.5 Å². The highest BCUT2D eigenvalue weighted by molar-refractivity contribution is 5.78. The largest absolute Gasteiger partial charge is 0.378 e. The second-order valence-corrected chi connectivity index (χ2v) is 4.58. The summed E-state index contributed by atoms with van der Waals surface area (Å²) in [6.07, 6.45) is 0.946. The minimum absolute atomic E-state index is 0.00790. The number of benzene rings is 1. The Morgan fingerprint density at radius 1 is 1.22 bits per heavy atom. The summed E-state index contributed by atoms with van der Waals surface area (Å²) >= 11 is 0. The molecule has 100 valence electrons. The second kappa shape index (κ2) is 7.01. The van der Waals surface area contributed by atoms with Crippen molar-refractivity contribution in [2.24, 2.45) is 5.73 Å². The predicted molar refractivity (Wildman–Crippen MR) is 75.5 cm³/mol. The molecule has 0 aliphatic heterocycles. The maximum absolute atomic E-state index is 11.7. The maximum Gasteiger partial charge on any atom is 0.236 e. The Kier molecular flexibility index (Phi) is 5.65. The topological polar surface area (TPSA) is 49.6 Å². The van der Waals surface area contributed by atoms with E-state index in [2.05, 4.69) is 36.1 Å². The van der Waals surface area contributed by atoms with Crippen molar-refractivity contribution in [3.8, 4) is 0 Å². The number of rotatable bonds is 6. The molecule has 0 saturated carbocycles. The normalized spacial score (nSPS) is 10.2. The fraction of sp³-hybridized carbons (Fsp3) is 0.500. The number of amides is 1. The molecule has 1 aromatic rings. The Morgan fingerprint density at radius 2 is 1.83 bits per heavy atom. The Balaban J connectivity index is 2.71. The molecular formula is C14H23N3O. The van der Waals surface area contributed by atoms with Crippen LogP contribution in [0.4, 0.5) is 5.69 Å². The van der Waals surface area contributed by atoms with Crippen molar-refractivity contribution in [2.45, 2.75) is 19.9 Å². The van der Waals surface area contributed by atoms with Crippen LogP contribution in [0.15, 0.2) is 24.3 Å². The summed E-state index contributed by atoms with van der Waals surface area (Å²) < 4.78 is 0. The second-order valence-electron chi connectivity index (χ2n) is 4.58. The maximum atomic E-state index is 11.7. The van der Waals surface area contributed by atoms with E-state index in [1.807, 2.05) is 19.0 Å². The van der Waals surface area contributed by atoms with E-state index in [0.717, 1.165) is 24.2 Å². The van der Waals surface area contributed by atoms with E-state index in [4.69, 9.17) is 5.73 Å². The summed E-state index contributed by atoms with van der Waals surface area (Å²) in [4.78, 5) is 15.5. The molecule has 0 saturated heterocycles. The third kappa shape index (κ3) is 4.04. The van der Waals surface area contributed by atoms with Crippen LogP contribution in [0, 0.1) is 0 Å². The van der Waals surface area contributed by atoms with Crippen molar-refractivity contribution >= 4 is 11.6 Å². The lowest BCUT2D eigenvalue weighted by molar-refractivity contribution is -0.130. The van der Waals surface area contributed by atoms with Gasteiger partial charge in [-0.1, -0.05) is 19.1 Å². The van der Waals surface area contributed by atoms with Crippen LogP contribution in [0.2, 0.25) is 0 Å². The van der Waals surface area contributed by atoms with Crippen molar-refractivity contribution in [2.75, 3.05) is 32.1 Å². The first-order valence-electron chi connectivity index (χ1n) is 6.32. The summed E-state index contributed by atoms with van der Waals surface area (Å²) in [5.74, 6) is 0.00790. The Bertz CT molecular complexity index is 373. The van der Waals surface area contributed by atoms with Crippen LogP contribution < -0.4 is 10.6 Å². The first-order valence-corrected chi connectivity index (χ1v) is 6.32. The van der Waals surface area contributed by atoms with E-state index in [1.54, 1.807) is 0 Å². The van der Waals surface area contributed by atoms with Crippen LogP contribution in [0.5, 0.6) is 0 Å². The first kappa shape index (κ1) is 14.5. The van der Waals surface area contributed by atoms with Crippen molar-refractivity contribution in [3.05, 3.63) is 29.8 Å². The van der Waals surface area contributed by atoms with E-state index >= 15 is 0 Å². The molecule has 0 unspecified atom stereocenters. The zero-order valence-electron chi connectivity index (χ0n) is 11.5. The number of carbonyl (C=O) groups is 1. The van der Waals surface area contributed by atoms with Gasteiger partial charge in [0.05, 0.1) is 6.54 Å². The van der Waals surface area contributed by atoms with Gasteiger partial charge in [0.15, 0.2) is 0 Å². The van der Waals surface area contributed by atoms with Crippen molar-refractivity contribution < 1.29 is 4.79 Å². The molecule has 4 nitrogen and oxygen atoms in total. The van der Waals surface area contributed by atoms with Gasteiger partial charge in [0.1, 0.15) is 0 Å².